The Hall–Kier alpha value is -1.97. The molecule has 0 unspecified atom stereocenters. The molecule has 96 valence electrons. The zero-order valence-electron chi connectivity index (χ0n) is 11.1. The number of carbonyl (C=O) groups excluding carboxylic acids is 1. The van der Waals surface area contributed by atoms with Gasteiger partial charge in [0, 0.05) is 19.7 Å². The van der Waals surface area contributed by atoms with Crippen LogP contribution in [0.2, 0.25) is 0 Å². The Morgan fingerprint density at radius 2 is 2.11 bits per heavy atom. The van der Waals surface area contributed by atoms with Crippen LogP contribution in [0.3, 0.4) is 0 Å². The standard InChI is InChI=1S/C14H17NO3/c1-9-12(8-13(16)15(2)3)18-11-7-5-6-10(17-4)14(9)11/h5-7H,8H2,1-4H3. The minimum absolute atomic E-state index is 0.0242. The fourth-order valence-corrected chi connectivity index (χ4v) is 1.95. The zero-order chi connectivity index (χ0) is 13.3. The third-order valence-electron chi connectivity index (χ3n) is 3.04. The number of rotatable bonds is 3. The highest BCUT2D eigenvalue weighted by Gasteiger charge is 2.17. The SMILES string of the molecule is COc1cccc2oc(CC(=O)N(C)C)c(C)c12. The first-order valence-electron chi connectivity index (χ1n) is 5.79. The van der Waals surface area contributed by atoms with Crippen molar-refractivity contribution in [2.24, 2.45) is 0 Å². The average molecular weight is 247 g/mol. The number of hydrogen-bond acceptors (Lipinski definition) is 3. The van der Waals surface area contributed by atoms with Gasteiger partial charge in [0.05, 0.1) is 18.9 Å². The molecule has 0 bridgehead atoms. The highest BCUT2D eigenvalue weighted by Crippen LogP contribution is 2.33. The van der Waals surface area contributed by atoms with Gasteiger partial charge in [-0.2, -0.15) is 0 Å². The molecule has 1 aromatic carbocycles. The molecule has 0 spiro atoms. The summed E-state index contributed by atoms with van der Waals surface area (Å²) in [6, 6.07) is 5.65. The summed E-state index contributed by atoms with van der Waals surface area (Å²) in [5, 5.41) is 0.946. The molecule has 4 heteroatoms. The number of fused-ring (bicyclic) bond motifs is 1. The van der Waals surface area contributed by atoms with Crippen LogP contribution in [0.5, 0.6) is 5.75 Å². The Kier molecular flexibility index (Phi) is 3.28. The molecule has 0 aliphatic rings. The van der Waals surface area contributed by atoms with E-state index in [1.54, 1.807) is 26.1 Å². The van der Waals surface area contributed by atoms with Crippen LogP contribution in [0.25, 0.3) is 11.0 Å². The van der Waals surface area contributed by atoms with Gasteiger partial charge in [0.1, 0.15) is 17.1 Å². The fourth-order valence-electron chi connectivity index (χ4n) is 1.95. The number of methoxy groups -OCH3 is 1. The van der Waals surface area contributed by atoms with Gasteiger partial charge in [0.2, 0.25) is 5.91 Å². The van der Waals surface area contributed by atoms with E-state index in [-0.39, 0.29) is 12.3 Å². The van der Waals surface area contributed by atoms with Gasteiger partial charge in [-0.1, -0.05) is 6.07 Å². The van der Waals surface area contributed by atoms with Crippen molar-refractivity contribution in [1.29, 1.82) is 0 Å². The summed E-state index contributed by atoms with van der Waals surface area (Å²) in [6.45, 7) is 1.95. The van der Waals surface area contributed by atoms with Crippen molar-refractivity contribution in [3.8, 4) is 5.75 Å². The van der Waals surface area contributed by atoms with Gasteiger partial charge in [-0.3, -0.25) is 4.79 Å². The second-order valence-corrected chi connectivity index (χ2v) is 4.45. The largest absolute Gasteiger partial charge is 0.496 e. The maximum atomic E-state index is 11.7. The molecule has 0 radical (unpaired) electrons. The Morgan fingerprint density at radius 1 is 1.39 bits per heavy atom. The van der Waals surface area contributed by atoms with Gasteiger partial charge in [0.15, 0.2) is 0 Å². The van der Waals surface area contributed by atoms with E-state index in [0.717, 1.165) is 22.3 Å². The van der Waals surface area contributed by atoms with Crippen LogP contribution < -0.4 is 4.74 Å². The smallest absolute Gasteiger partial charge is 0.229 e. The zero-order valence-corrected chi connectivity index (χ0v) is 11.1. The van der Waals surface area contributed by atoms with Crippen molar-refractivity contribution < 1.29 is 13.9 Å². The molecule has 0 saturated carbocycles. The Labute approximate surface area is 106 Å². The van der Waals surface area contributed by atoms with E-state index in [1.807, 2.05) is 25.1 Å². The van der Waals surface area contributed by atoms with Gasteiger partial charge in [-0.05, 0) is 19.1 Å². The summed E-state index contributed by atoms with van der Waals surface area (Å²) in [4.78, 5) is 13.3. The first kappa shape index (κ1) is 12.5. The topological polar surface area (TPSA) is 42.7 Å². The number of carbonyl (C=O) groups is 1. The Bertz CT molecular complexity index is 584. The first-order valence-corrected chi connectivity index (χ1v) is 5.79. The van der Waals surface area contributed by atoms with Crippen LogP contribution in [0.15, 0.2) is 22.6 Å². The number of ether oxygens (including phenoxy) is 1. The van der Waals surface area contributed by atoms with Crippen molar-refractivity contribution >= 4 is 16.9 Å². The monoisotopic (exact) mass is 247 g/mol. The summed E-state index contributed by atoms with van der Waals surface area (Å²) >= 11 is 0. The first-order chi connectivity index (χ1) is 8.54. The van der Waals surface area contributed by atoms with Crippen LogP contribution >= 0.6 is 0 Å². The molecule has 0 atom stereocenters. The van der Waals surface area contributed by atoms with Crippen molar-refractivity contribution in [3.63, 3.8) is 0 Å². The van der Waals surface area contributed by atoms with Crippen LogP contribution in [-0.4, -0.2) is 32.0 Å². The number of furan rings is 1. The van der Waals surface area contributed by atoms with E-state index in [2.05, 4.69) is 0 Å². The molecule has 0 aliphatic carbocycles. The molecule has 0 saturated heterocycles. The molecule has 4 nitrogen and oxygen atoms in total. The number of likely N-dealkylation sites (N-methyl/N-ethyl adjacent to an activating group) is 1. The lowest BCUT2D eigenvalue weighted by Crippen LogP contribution is -2.23. The predicted octanol–water partition coefficient (Wildman–Crippen LogP) is 2.38. The van der Waals surface area contributed by atoms with E-state index < -0.39 is 0 Å². The van der Waals surface area contributed by atoms with E-state index >= 15 is 0 Å². The van der Waals surface area contributed by atoms with E-state index in [4.69, 9.17) is 9.15 Å². The number of aryl methyl sites for hydroxylation is 1. The lowest BCUT2D eigenvalue weighted by Gasteiger charge is -2.08. The normalized spacial score (nSPS) is 10.7. The summed E-state index contributed by atoms with van der Waals surface area (Å²) in [5.41, 5.74) is 1.73. The Balaban J connectivity index is 2.48. The molecule has 0 fully saturated rings. The van der Waals surface area contributed by atoms with Crippen molar-refractivity contribution in [1.82, 2.24) is 4.90 Å². The molecule has 1 heterocycles. The van der Waals surface area contributed by atoms with E-state index in [0.29, 0.717) is 5.76 Å². The third kappa shape index (κ3) is 2.06. The van der Waals surface area contributed by atoms with E-state index in [9.17, 15) is 4.79 Å². The van der Waals surface area contributed by atoms with Crippen molar-refractivity contribution in [3.05, 3.63) is 29.5 Å². The summed E-state index contributed by atoms with van der Waals surface area (Å²) in [5.74, 6) is 1.50. The molecule has 18 heavy (non-hydrogen) atoms. The highest BCUT2D eigenvalue weighted by atomic mass is 16.5. The number of benzene rings is 1. The molecule has 1 amide bonds. The molecular weight excluding hydrogens is 230 g/mol. The van der Waals surface area contributed by atoms with Crippen LogP contribution in [0.4, 0.5) is 0 Å². The van der Waals surface area contributed by atoms with Gasteiger partial charge in [-0.15, -0.1) is 0 Å². The minimum Gasteiger partial charge on any atom is -0.496 e. The Morgan fingerprint density at radius 3 is 2.72 bits per heavy atom. The molecule has 0 aliphatic heterocycles. The van der Waals surface area contributed by atoms with Crippen molar-refractivity contribution in [2.75, 3.05) is 21.2 Å². The molecule has 1 aromatic heterocycles. The second-order valence-electron chi connectivity index (χ2n) is 4.45. The van der Waals surface area contributed by atoms with Crippen LogP contribution in [0.1, 0.15) is 11.3 Å². The summed E-state index contributed by atoms with van der Waals surface area (Å²) in [6.07, 6.45) is 0.274. The van der Waals surface area contributed by atoms with E-state index in [1.165, 1.54) is 0 Å². The van der Waals surface area contributed by atoms with Crippen LogP contribution in [0, 0.1) is 6.92 Å². The summed E-state index contributed by atoms with van der Waals surface area (Å²) in [7, 11) is 5.10. The van der Waals surface area contributed by atoms with Gasteiger partial charge in [-0.25, -0.2) is 0 Å². The maximum absolute atomic E-state index is 11.7. The third-order valence-corrected chi connectivity index (χ3v) is 3.04. The average Bonchev–Trinajstić information content (AvgIpc) is 2.66. The molecule has 0 N–H and O–H groups in total. The van der Waals surface area contributed by atoms with Crippen molar-refractivity contribution in [2.45, 2.75) is 13.3 Å². The van der Waals surface area contributed by atoms with Gasteiger partial charge < -0.3 is 14.1 Å². The molecular formula is C14H17NO3. The number of hydrogen-bond donors (Lipinski definition) is 0. The number of amides is 1. The van der Waals surface area contributed by atoms with Gasteiger partial charge in [0.25, 0.3) is 0 Å². The predicted molar refractivity (Wildman–Crippen MR) is 69.9 cm³/mol. The lowest BCUT2D eigenvalue weighted by atomic mass is 10.1. The highest BCUT2D eigenvalue weighted by molar-refractivity contribution is 5.90. The quantitative estimate of drug-likeness (QED) is 0.836. The molecule has 2 aromatic rings. The molecule has 2 rings (SSSR count). The fraction of sp³-hybridized carbons (Fsp3) is 0.357. The second kappa shape index (κ2) is 4.72. The lowest BCUT2D eigenvalue weighted by molar-refractivity contribution is -0.128. The summed E-state index contributed by atoms with van der Waals surface area (Å²) < 4.78 is 11.1. The minimum atomic E-state index is 0.0242. The maximum Gasteiger partial charge on any atom is 0.229 e. The van der Waals surface area contributed by atoms with Crippen LogP contribution in [-0.2, 0) is 11.2 Å². The number of nitrogens with zero attached hydrogens (tertiary/aromatic N) is 1. The van der Waals surface area contributed by atoms with Gasteiger partial charge >= 0.3 is 0 Å².